The summed E-state index contributed by atoms with van der Waals surface area (Å²) in [5.41, 5.74) is 10.7. The first-order valence-corrected chi connectivity index (χ1v) is 3.23. The fraction of sp³-hybridized carbons (Fsp3) is 1.00. The molecule has 0 aromatic carbocycles. The largest absolute Gasteiger partial charge is 0.391 e. The van der Waals surface area contributed by atoms with E-state index in [2.05, 4.69) is 0 Å². The molecule has 0 aliphatic heterocycles. The summed E-state index contributed by atoms with van der Waals surface area (Å²) in [6.45, 7) is 4.18. The van der Waals surface area contributed by atoms with E-state index in [0.29, 0.717) is 6.54 Å². The lowest BCUT2D eigenvalue weighted by Crippen LogP contribution is -2.43. The van der Waals surface area contributed by atoms with Crippen molar-refractivity contribution in [2.45, 2.75) is 26.0 Å². The maximum Gasteiger partial charge on any atom is 0.0726 e. The van der Waals surface area contributed by atoms with Crippen molar-refractivity contribution in [2.75, 3.05) is 6.54 Å². The molecule has 0 aromatic heterocycles. The Morgan fingerprint density at radius 2 is 1.89 bits per heavy atom. The predicted molar refractivity (Wildman–Crippen MR) is 37.9 cm³/mol. The van der Waals surface area contributed by atoms with Crippen LogP contribution in [0.1, 0.15) is 13.8 Å². The number of nitrogens with two attached hydrogens (primary N) is 2. The summed E-state index contributed by atoms with van der Waals surface area (Å²) in [5.74, 6) is 0.198. The van der Waals surface area contributed by atoms with Crippen LogP contribution in [-0.4, -0.2) is 23.8 Å². The van der Waals surface area contributed by atoms with Crippen LogP contribution < -0.4 is 11.5 Å². The third-order valence-corrected chi connectivity index (χ3v) is 1.39. The lowest BCUT2D eigenvalue weighted by molar-refractivity contribution is 0.101. The van der Waals surface area contributed by atoms with E-state index in [4.69, 9.17) is 11.5 Å². The van der Waals surface area contributed by atoms with Crippen molar-refractivity contribution >= 4 is 0 Å². The lowest BCUT2D eigenvalue weighted by atomic mass is 10.0. The fourth-order valence-corrected chi connectivity index (χ4v) is 0.634. The van der Waals surface area contributed by atoms with Crippen LogP contribution in [0, 0.1) is 5.92 Å². The molecule has 0 saturated carbocycles. The van der Waals surface area contributed by atoms with Gasteiger partial charge in [-0.3, -0.25) is 0 Å². The van der Waals surface area contributed by atoms with E-state index in [0.717, 1.165) is 0 Å². The quantitative estimate of drug-likeness (QED) is 0.475. The zero-order valence-corrected chi connectivity index (χ0v) is 6.04. The topological polar surface area (TPSA) is 72.3 Å². The number of aliphatic hydroxyl groups excluding tert-OH is 1. The first-order valence-electron chi connectivity index (χ1n) is 3.23. The average Bonchev–Trinajstić information content (AvgIpc) is 1.84. The Kier molecular flexibility index (Phi) is 3.77. The highest BCUT2D eigenvalue weighted by molar-refractivity contribution is 4.74. The monoisotopic (exact) mass is 132 g/mol. The van der Waals surface area contributed by atoms with Gasteiger partial charge in [-0.1, -0.05) is 13.8 Å². The molecule has 56 valence electrons. The van der Waals surface area contributed by atoms with Crippen LogP contribution in [0.3, 0.4) is 0 Å². The second-order valence-corrected chi connectivity index (χ2v) is 2.63. The van der Waals surface area contributed by atoms with Gasteiger partial charge in [-0.15, -0.1) is 0 Å². The molecule has 0 aromatic rings. The zero-order valence-electron chi connectivity index (χ0n) is 6.04. The molecular weight excluding hydrogens is 116 g/mol. The smallest absolute Gasteiger partial charge is 0.0726 e. The van der Waals surface area contributed by atoms with Crippen molar-refractivity contribution in [1.29, 1.82) is 0 Å². The molecule has 0 aliphatic carbocycles. The van der Waals surface area contributed by atoms with Crippen LogP contribution in [0.4, 0.5) is 0 Å². The van der Waals surface area contributed by atoms with Crippen LogP contribution in [-0.2, 0) is 0 Å². The van der Waals surface area contributed by atoms with Gasteiger partial charge in [0.25, 0.3) is 0 Å². The van der Waals surface area contributed by atoms with E-state index < -0.39 is 6.10 Å². The molecule has 0 heterocycles. The van der Waals surface area contributed by atoms with Gasteiger partial charge in [0.2, 0.25) is 0 Å². The number of rotatable bonds is 3. The van der Waals surface area contributed by atoms with Crippen molar-refractivity contribution in [3.05, 3.63) is 0 Å². The van der Waals surface area contributed by atoms with Crippen molar-refractivity contribution in [3.8, 4) is 0 Å². The normalized spacial score (nSPS) is 18.0. The van der Waals surface area contributed by atoms with Gasteiger partial charge >= 0.3 is 0 Å². The van der Waals surface area contributed by atoms with Crippen molar-refractivity contribution in [1.82, 2.24) is 0 Å². The van der Waals surface area contributed by atoms with E-state index in [1.165, 1.54) is 0 Å². The fourth-order valence-electron chi connectivity index (χ4n) is 0.634. The molecule has 5 N–H and O–H groups in total. The summed E-state index contributed by atoms with van der Waals surface area (Å²) < 4.78 is 0. The molecule has 0 spiro atoms. The first kappa shape index (κ1) is 8.88. The Balaban J connectivity index is 3.58. The maximum absolute atomic E-state index is 9.19. The lowest BCUT2D eigenvalue weighted by Gasteiger charge is -2.19. The molecular formula is C6H16N2O. The summed E-state index contributed by atoms with van der Waals surface area (Å²) in [6.07, 6.45) is -0.463. The van der Waals surface area contributed by atoms with Crippen molar-refractivity contribution in [2.24, 2.45) is 17.4 Å². The Morgan fingerprint density at radius 3 is 2.00 bits per heavy atom. The molecule has 0 amide bonds. The predicted octanol–water partition coefficient (Wildman–Crippen LogP) is -0.711. The molecule has 2 atom stereocenters. The number of hydrogen-bond donors (Lipinski definition) is 3. The highest BCUT2D eigenvalue weighted by atomic mass is 16.3. The van der Waals surface area contributed by atoms with Gasteiger partial charge in [0, 0.05) is 12.6 Å². The zero-order chi connectivity index (χ0) is 7.44. The van der Waals surface area contributed by atoms with E-state index in [9.17, 15) is 5.11 Å². The average molecular weight is 132 g/mol. The van der Waals surface area contributed by atoms with Crippen LogP contribution in [0.2, 0.25) is 0 Å². The SMILES string of the molecule is CC(C)C(O)[C@H](N)CN. The number of aliphatic hydroxyl groups is 1. The van der Waals surface area contributed by atoms with E-state index in [1.54, 1.807) is 0 Å². The van der Waals surface area contributed by atoms with Crippen LogP contribution in [0.25, 0.3) is 0 Å². The summed E-state index contributed by atoms with van der Waals surface area (Å²) >= 11 is 0. The second-order valence-electron chi connectivity index (χ2n) is 2.63. The molecule has 0 fully saturated rings. The standard InChI is InChI=1S/C6H16N2O/c1-4(2)6(9)5(8)3-7/h4-6,9H,3,7-8H2,1-2H3/t5-,6?/m1/s1. The van der Waals surface area contributed by atoms with Crippen molar-refractivity contribution in [3.63, 3.8) is 0 Å². The molecule has 3 nitrogen and oxygen atoms in total. The van der Waals surface area contributed by atoms with E-state index >= 15 is 0 Å². The highest BCUT2D eigenvalue weighted by Gasteiger charge is 2.15. The first-order chi connectivity index (χ1) is 4.09. The Labute approximate surface area is 56.0 Å². The summed E-state index contributed by atoms with van der Waals surface area (Å²) in [7, 11) is 0. The van der Waals surface area contributed by atoms with Crippen molar-refractivity contribution < 1.29 is 5.11 Å². The van der Waals surface area contributed by atoms with Gasteiger partial charge in [-0.05, 0) is 5.92 Å². The Hall–Kier alpha value is -0.120. The highest BCUT2D eigenvalue weighted by Crippen LogP contribution is 2.02. The van der Waals surface area contributed by atoms with E-state index in [-0.39, 0.29) is 12.0 Å². The van der Waals surface area contributed by atoms with Gasteiger partial charge in [-0.25, -0.2) is 0 Å². The minimum absolute atomic E-state index is 0.198. The molecule has 0 aliphatic rings. The van der Waals surface area contributed by atoms with Gasteiger partial charge in [0.1, 0.15) is 0 Å². The second kappa shape index (κ2) is 3.82. The summed E-state index contributed by atoms with van der Waals surface area (Å²) in [4.78, 5) is 0. The Bertz CT molecular complexity index is 75.5. The van der Waals surface area contributed by atoms with Gasteiger partial charge < -0.3 is 16.6 Å². The van der Waals surface area contributed by atoms with Crippen LogP contribution in [0.5, 0.6) is 0 Å². The van der Waals surface area contributed by atoms with Crippen LogP contribution >= 0.6 is 0 Å². The minimum atomic E-state index is -0.463. The minimum Gasteiger partial charge on any atom is -0.391 e. The summed E-state index contributed by atoms with van der Waals surface area (Å²) in [5, 5.41) is 9.19. The molecule has 9 heavy (non-hydrogen) atoms. The van der Waals surface area contributed by atoms with E-state index in [1.807, 2.05) is 13.8 Å². The third kappa shape index (κ3) is 2.79. The van der Waals surface area contributed by atoms with Gasteiger partial charge in [0.05, 0.1) is 6.10 Å². The molecule has 0 saturated heterocycles. The molecule has 0 radical (unpaired) electrons. The molecule has 3 heteroatoms. The third-order valence-electron chi connectivity index (χ3n) is 1.39. The van der Waals surface area contributed by atoms with Crippen LogP contribution in [0.15, 0.2) is 0 Å². The molecule has 1 unspecified atom stereocenters. The molecule has 0 bridgehead atoms. The number of hydrogen-bond acceptors (Lipinski definition) is 3. The van der Waals surface area contributed by atoms with Gasteiger partial charge in [0.15, 0.2) is 0 Å². The van der Waals surface area contributed by atoms with Gasteiger partial charge in [-0.2, -0.15) is 0 Å². The molecule has 0 rings (SSSR count). The summed E-state index contributed by atoms with van der Waals surface area (Å²) in [6, 6.07) is -0.273. The maximum atomic E-state index is 9.19. The Morgan fingerprint density at radius 1 is 1.44 bits per heavy atom.